The van der Waals surface area contributed by atoms with Crippen LogP contribution in [0.25, 0.3) is 12.2 Å². The lowest BCUT2D eigenvalue weighted by Crippen LogP contribution is -2.34. The number of carbonyl (C=O) groups excluding carboxylic acids is 1. The van der Waals surface area contributed by atoms with E-state index in [2.05, 4.69) is 4.90 Å². The average molecular weight is 341 g/mol. The summed E-state index contributed by atoms with van der Waals surface area (Å²) in [5.41, 5.74) is 3.90. The number of piperidine rings is 1. The number of likely N-dealkylation sites (tertiary alicyclic amines) is 1. The molecule has 1 heterocycles. The first-order chi connectivity index (χ1) is 12.7. The van der Waals surface area contributed by atoms with Crippen LogP contribution in [0.1, 0.15) is 11.1 Å². The molecule has 0 spiro atoms. The first kappa shape index (κ1) is 17.8. The summed E-state index contributed by atoms with van der Waals surface area (Å²) < 4.78 is 0. The minimum absolute atomic E-state index is 0.138. The van der Waals surface area contributed by atoms with E-state index in [4.69, 9.17) is 0 Å². The van der Waals surface area contributed by atoms with Crippen LogP contribution in [0.4, 0.5) is 0 Å². The summed E-state index contributed by atoms with van der Waals surface area (Å²) in [5.74, 6) is 0.138. The Morgan fingerprint density at radius 3 is 1.58 bits per heavy atom. The van der Waals surface area contributed by atoms with E-state index in [1.807, 2.05) is 104 Å². The van der Waals surface area contributed by atoms with E-state index in [-0.39, 0.29) is 5.78 Å². The maximum Gasteiger partial charge on any atom is 0.187 e. The summed E-state index contributed by atoms with van der Waals surface area (Å²) in [5, 5.41) is 0. The second-order valence-electron chi connectivity index (χ2n) is 6.42. The number of carbonyl (C=O) groups is 1. The molecule has 0 aliphatic carbocycles. The van der Waals surface area contributed by atoms with Gasteiger partial charge in [0.1, 0.15) is 0 Å². The summed E-state index contributed by atoms with van der Waals surface area (Å²) in [7, 11) is 2.04. The summed E-state index contributed by atoms with van der Waals surface area (Å²) in [4.78, 5) is 14.9. The molecule has 2 aromatic carbocycles. The number of hydrogen-bond donors (Lipinski definition) is 0. The van der Waals surface area contributed by atoms with Crippen LogP contribution in [0.5, 0.6) is 0 Å². The largest absolute Gasteiger partial charge is 0.298 e. The zero-order valence-electron chi connectivity index (χ0n) is 15.0. The van der Waals surface area contributed by atoms with Crippen LogP contribution in [0.15, 0.2) is 96.1 Å². The van der Waals surface area contributed by atoms with Crippen molar-refractivity contribution < 1.29 is 4.79 Å². The lowest BCUT2D eigenvalue weighted by atomic mass is 9.97. The van der Waals surface area contributed by atoms with E-state index >= 15 is 0 Å². The molecule has 3 rings (SSSR count). The highest BCUT2D eigenvalue weighted by atomic mass is 16.1. The first-order valence-electron chi connectivity index (χ1n) is 8.80. The zero-order chi connectivity index (χ0) is 18.2. The second-order valence-corrected chi connectivity index (χ2v) is 6.42. The Morgan fingerprint density at radius 1 is 0.731 bits per heavy atom. The lowest BCUT2D eigenvalue weighted by Gasteiger charge is -2.25. The van der Waals surface area contributed by atoms with Gasteiger partial charge in [-0.25, -0.2) is 0 Å². The minimum Gasteiger partial charge on any atom is -0.298 e. The monoisotopic (exact) mass is 341 g/mol. The molecule has 0 saturated carbocycles. The van der Waals surface area contributed by atoms with Crippen LogP contribution in [-0.4, -0.2) is 30.8 Å². The Labute approximate surface area is 155 Å². The van der Waals surface area contributed by atoms with Gasteiger partial charge in [-0.1, -0.05) is 97.1 Å². The van der Waals surface area contributed by atoms with Gasteiger partial charge in [0.2, 0.25) is 0 Å². The summed E-state index contributed by atoms with van der Waals surface area (Å²) in [6.45, 7) is 1.36. The number of nitrogens with zero attached hydrogens (tertiary/aromatic N) is 1. The van der Waals surface area contributed by atoms with Crippen LogP contribution >= 0.6 is 0 Å². The minimum atomic E-state index is 0.138. The molecule has 26 heavy (non-hydrogen) atoms. The number of Topliss-reactive ketones (excluding diaryl/α,β-unsaturated/α-hetero) is 1. The molecule has 0 atom stereocenters. The van der Waals surface area contributed by atoms with Crippen LogP contribution in [0, 0.1) is 0 Å². The van der Waals surface area contributed by atoms with Gasteiger partial charge in [0.15, 0.2) is 5.78 Å². The Balaban J connectivity index is 1.73. The molecule has 1 fully saturated rings. The molecule has 0 aromatic heterocycles. The van der Waals surface area contributed by atoms with Crippen molar-refractivity contribution in [3.8, 4) is 0 Å². The second kappa shape index (κ2) is 8.93. The van der Waals surface area contributed by atoms with Crippen molar-refractivity contribution >= 4 is 17.9 Å². The van der Waals surface area contributed by atoms with Crippen molar-refractivity contribution in [3.63, 3.8) is 0 Å². The molecular formula is C24H23NO. The van der Waals surface area contributed by atoms with Gasteiger partial charge in [-0.2, -0.15) is 0 Å². The van der Waals surface area contributed by atoms with Crippen LogP contribution in [0.3, 0.4) is 0 Å². The van der Waals surface area contributed by atoms with Crippen molar-refractivity contribution in [2.45, 2.75) is 0 Å². The normalized spacial score (nSPS) is 19.2. The molecule has 0 N–H and O–H groups in total. The number of likely N-dealkylation sites (N-methyl/N-ethyl adjacent to an activating group) is 1. The highest BCUT2D eigenvalue weighted by molar-refractivity contribution is 6.10. The van der Waals surface area contributed by atoms with Crippen molar-refractivity contribution in [3.05, 3.63) is 107 Å². The Bertz CT molecular complexity index is 786. The third kappa shape index (κ3) is 5.01. The molecule has 1 aliphatic heterocycles. The Hall–Kier alpha value is -2.97. The van der Waals surface area contributed by atoms with Gasteiger partial charge in [-0.3, -0.25) is 9.69 Å². The molecule has 2 nitrogen and oxygen atoms in total. The Morgan fingerprint density at radius 2 is 1.15 bits per heavy atom. The maximum atomic E-state index is 12.7. The van der Waals surface area contributed by atoms with Crippen LogP contribution in [-0.2, 0) is 4.79 Å². The van der Waals surface area contributed by atoms with Gasteiger partial charge in [0, 0.05) is 24.2 Å². The lowest BCUT2D eigenvalue weighted by molar-refractivity contribution is -0.113. The average Bonchev–Trinajstić information content (AvgIpc) is 2.67. The predicted molar refractivity (Wildman–Crippen MR) is 110 cm³/mol. The SMILES string of the molecule is CN1C/C(=C/C=C/c2ccccc2)C(=O)/C(=C/C=C/c2ccccc2)C1. The van der Waals surface area contributed by atoms with Crippen LogP contribution in [0.2, 0.25) is 0 Å². The van der Waals surface area contributed by atoms with E-state index < -0.39 is 0 Å². The van der Waals surface area contributed by atoms with Crippen LogP contribution < -0.4 is 0 Å². The number of hydrogen-bond acceptors (Lipinski definition) is 2. The zero-order valence-corrected chi connectivity index (χ0v) is 15.0. The highest BCUT2D eigenvalue weighted by Gasteiger charge is 2.22. The van der Waals surface area contributed by atoms with E-state index in [1.54, 1.807) is 0 Å². The van der Waals surface area contributed by atoms with E-state index in [0.29, 0.717) is 13.1 Å². The number of ketones is 1. The third-order valence-electron chi connectivity index (χ3n) is 4.24. The summed E-state index contributed by atoms with van der Waals surface area (Å²) in [6, 6.07) is 20.2. The third-order valence-corrected chi connectivity index (χ3v) is 4.24. The molecule has 130 valence electrons. The standard InChI is InChI=1S/C24H23NO/c1-25-18-22(16-8-14-20-10-4-2-5-11-20)24(26)23(19-25)17-9-15-21-12-6-3-7-13-21/h2-17H,18-19H2,1H3/b14-8+,15-9+,22-16-,23-17+. The molecule has 2 heteroatoms. The highest BCUT2D eigenvalue weighted by Crippen LogP contribution is 2.17. The van der Waals surface area contributed by atoms with E-state index in [9.17, 15) is 4.79 Å². The van der Waals surface area contributed by atoms with Crippen molar-refractivity contribution in [1.82, 2.24) is 4.90 Å². The fourth-order valence-corrected chi connectivity index (χ4v) is 2.92. The fraction of sp³-hybridized carbons (Fsp3) is 0.125. The molecule has 0 unspecified atom stereocenters. The Kier molecular flexibility index (Phi) is 6.13. The molecule has 0 bridgehead atoms. The molecular weight excluding hydrogens is 318 g/mol. The van der Waals surface area contributed by atoms with Gasteiger partial charge in [-0.05, 0) is 18.2 Å². The topological polar surface area (TPSA) is 20.3 Å². The van der Waals surface area contributed by atoms with Crippen molar-refractivity contribution in [2.75, 3.05) is 20.1 Å². The van der Waals surface area contributed by atoms with Gasteiger partial charge in [-0.15, -0.1) is 0 Å². The molecule has 1 saturated heterocycles. The predicted octanol–water partition coefficient (Wildman–Crippen LogP) is 4.78. The van der Waals surface area contributed by atoms with Gasteiger partial charge < -0.3 is 0 Å². The van der Waals surface area contributed by atoms with Crippen molar-refractivity contribution in [2.24, 2.45) is 0 Å². The quantitative estimate of drug-likeness (QED) is 0.746. The molecule has 1 aliphatic rings. The fourth-order valence-electron chi connectivity index (χ4n) is 2.92. The number of allylic oxidation sites excluding steroid dienone is 4. The smallest absolute Gasteiger partial charge is 0.187 e. The number of benzene rings is 2. The van der Waals surface area contributed by atoms with Gasteiger partial charge in [0.25, 0.3) is 0 Å². The first-order valence-corrected chi connectivity index (χ1v) is 8.80. The van der Waals surface area contributed by atoms with Crippen molar-refractivity contribution in [1.29, 1.82) is 0 Å². The molecule has 2 aromatic rings. The summed E-state index contributed by atoms with van der Waals surface area (Å²) in [6.07, 6.45) is 11.8. The van der Waals surface area contributed by atoms with Gasteiger partial charge in [0.05, 0.1) is 0 Å². The molecule has 0 amide bonds. The molecule has 0 radical (unpaired) electrons. The summed E-state index contributed by atoms with van der Waals surface area (Å²) >= 11 is 0. The number of rotatable bonds is 4. The van der Waals surface area contributed by atoms with E-state index in [1.165, 1.54) is 0 Å². The van der Waals surface area contributed by atoms with E-state index in [0.717, 1.165) is 22.3 Å². The maximum absolute atomic E-state index is 12.7. The van der Waals surface area contributed by atoms with Gasteiger partial charge >= 0.3 is 0 Å².